The number of hydrogen-bond donors (Lipinski definition) is 2. The van der Waals surface area contributed by atoms with Crippen molar-refractivity contribution in [1.29, 1.82) is 0 Å². The van der Waals surface area contributed by atoms with Crippen LogP contribution in [0.3, 0.4) is 0 Å². The van der Waals surface area contributed by atoms with Gasteiger partial charge in [-0.15, -0.1) is 0 Å². The van der Waals surface area contributed by atoms with Crippen molar-refractivity contribution in [3.63, 3.8) is 0 Å². The van der Waals surface area contributed by atoms with E-state index in [4.69, 9.17) is 24.7 Å². The minimum Gasteiger partial charge on any atom is -0.493 e. The van der Waals surface area contributed by atoms with E-state index in [1.165, 1.54) is 0 Å². The lowest BCUT2D eigenvalue weighted by atomic mass is 10.2. The van der Waals surface area contributed by atoms with Crippen LogP contribution in [0.25, 0.3) is 0 Å². The van der Waals surface area contributed by atoms with E-state index >= 15 is 0 Å². The van der Waals surface area contributed by atoms with Crippen molar-refractivity contribution in [2.45, 2.75) is 25.0 Å². The van der Waals surface area contributed by atoms with E-state index in [-0.39, 0.29) is 12.0 Å². The topological polar surface area (TPSA) is 92.0 Å². The molecule has 2 rings (SSSR count). The highest BCUT2D eigenvalue weighted by Crippen LogP contribution is 2.30. The quantitative estimate of drug-likeness (QED) is 0.697. The Bertz CT molecular complexity index is 523. The van der Waals surface area contributed by atoms with Crippen molar-refractivity contribution in [2.24, 2.45) is 5.73 Å². The van der Waals surface area contributed by atoms with Crippen LogP contribution in [0.1, 0.15) is 12.8 Å². The van der Waals surface area contributed by atoms with Crippen LogP contribution in [0.2, 0.25) is 0 Å². The second-order valence-corrected chi connectivity index (χ2v) is 5.26. The molecule has 0 aliphatic carbocycles. The summed E-state index contributed by atoms with van der Waals surface area (Å²) in [5.74, 6) is 0.975. The third kappa shape index (κ3) is 4.82. The molecule has 7 nitrogen and oxygen atoms in total. The second-order valence-electron chi connectivity index (χ2n) is 5.26. The molecule has 1 aliphatic heterocycles. The fraction of sp³-hybridized carbons (Fsp3) is 0.562. The van der Waals surface area contributed by atoms with Gasteiger partial charge in [0.05, 0.1) is 19.8 Å². The molecule has 2 atom stereocenters. The highest BCUT2D eigenvalue weighted by molar-refractivity contribution is 5.94. The molecule has 128 valence electrons. The molecule has 1 amide bonds. The molecule has 1 heterocycles. The number of carbonyl (C=O) groups is 1. The van der Waals surface area contributed by atoms with Crippen LogP contribution in [-0.4, -0.2) is 52.1 Å². The maximum atomic E-state index is 12.2. The first kappa shape index (κ1) is 17.5. The smallest absolute Gasteiger partial charge is 0.253 e. The average Bonchev–Trinajstić information content (AvgIpc) is 3.04. The van der Waals surface area contributed by atoms with Gasteiger partial charge in [-0.1, -0.05) is 0 Å². The van der Waals surface area contributed by atoms with Crippen LogP contribution >= 0.6 is 0 Å². The summed E-state index contributed by atoms with van der Waals surface area (Å²) >= 11 is 0. The second kappa shape index (κ2) is 8.71. The molecule has 1 saturated heterocycles. The summed E-state index contributed by atoms with van der Waals surface area (Å²) in [6, 6.07) is 5.23. The zero-order valence-electron chi connectivity index (χ0n) is 13.5. The molecule has 23 heavy (non-hydrogen) atoms. The number of anilines is 1. The predicted octanol–water partition coefficient (Wildman–Crippen LogP) is 1.17. The molecule has 1 aromatic rings. The van der Waals surface area contributed by atoms with Gasteiger partial charge in [0.15, 0.2) is 11.5 Å². The van der Waals surface area contributed by atoms with E-state index in [1.54, 1.807) is 32.4 Å². The van der Waals surface area contributed by atoms with Gasteiger partial charge < -0.3 is 30.0 Å². The van der Waals surface area contributed by atoms with Crippen LogP contribution < -0.4 is 20.5 Å². The maximum absolute atomic E-state index is 12.2. The Morgan fingerprint density at radius 2 is 2.13 bits per heavy atom. The lowest BCUT2D eigenvalue weighted by Gasteiger charge is -2.15. The molecular formula is C16H24N2O5. The van der Waals surface area contributed by atoms with Gasteiger partial charge in [0.2, 0.25) is 0 Å². The van der Waals surface area contributed by atoms with E-state index < -0.39 is 6.10 Å². The lowest BCUT2D eigenvalue weighted by molar-refractivity contribution is -0.126. The van der Waals surface area contributed by atoms with Crippen LogP contribution in [-0.2, 0) is 14.3 Å². The lowest BCUT2D eigenvalue weighted by Crippen LogP contribution is -2.29. The number of rotatable bonds is 8. The molecule has 0 aromatic heterocycles. The summed E-state index contributed by atoms with van der Waals surface area (Å²) in [7, 11) is 3.17. The SMILES string of the molecule is COCCOc1cc(NC(=O)[C@@H]2CC[C@H](CN)O2)ccc1OC. The Morgan fingerprint density at radius 3 is 2.78 bits per heavy atom. The molecule has 0 bridgehead atoms. The number of hydrogen-bond acceptors (Lipinski definition) is 6. The zero-order chi connectivity index (χ0) is 16.7. The largest absolute Gasteiger partial charge is 0.493 e. The molecular weight excluding hydrogens is 300 g/mol. The average molecular weight is 324 g/mol. The van der Waals surface area contributed by atoms with Crippen LogP contribution in [0.4, 0.5) is 5.69 Å². The van der Waals surface area contributed by atoms with Crippen molar-refractivity contribution in [3.05, 3.63) is 18.2 Å². The summed E-state index contributed by atoms with van der Waals surface area (Å²) in [6.07, 6.45) is 1.00. The summed E-state index contributed by atoms with van der Waals surface area (Å²) in [4.78, 5) is 12.2. The highest BCUT2D eigenvalue weighted by atomic mass is 16.5. The van der Waals surface area contributed by atoms with E-state index in [9.17, 15) is 4.79 Å². The number of ether oxygens (including phenoxy) is 4. The van der Waals surface area contributed by atoms with E-state index in [0.29, 0.717) is 43.4 Å². The van der Waals surface area contributed by atoms with Crippen LogP contribution in [0, 0.1) is 0 Å². The molecule has 1 aliphatic rings. The van der Waals surface area contributed by atoms with Gasteiger partial charge in [0.25, 0.3) is 5.91 Å². The molecule has 1 aromatic carbocycles. The van der Waals surface area contributed by atoms with Crippen molar-refractivity contribution >= 4 is 11.6 Å². The molecule has 3 N–H and O–H groups in total. The Kier molecular flexibility index (Phi) is 6.64. The minimum absolute atomic E-state index is 0.0328. The molecule has 0 unspecified atom stereocenters. The fourth-order valence-corrected chi connectivity index (χ4v) is 2.40. The Morgan fingerprint density at radius 1 is 1.30 bits per heavy atom. The van der Waals surface area contributed by atoms with Gasteiger partial charge in [-0.3, -0.25) is 4.79 Å². The number of benzene rings is 1. The van der Waals surface area contributed by atoms with Crippen molar-refractivity contribution in [1.82, 2.24) is 0 Å². The third-order valence-corrected chi connectivity index (χ3v) is 3.64. The predicted molar refractivity (Wildman–Crippen MR) is 85.9 cm³/mol. The molecule has 0 radical (unpaired) electrons. The number of methoxy groups -OCH3 is 2. The van der Waals surface area contributed by atoms with Gasteiger partial charge in [-0.25, -0.2) is 0 Å². The monoisotopic (exact) mass is 324 g/mol. The van der Waals surface area contributed by atoms with Crippen molar-refractivity contribution in [3.8, 4) is 11.5 Å². The Labute approximate surface area is 136 Å². The normalized spacial score (nSPS) is 20.3. The first-order valence-corrected chi connectivity index (χ1v) is 7.64. The maximum Gasteiger partial charge on any atom is 0.253 e. The Balaban J connectivity index is 1.99. The summed E-state index contributed by atoms with van der Waals surface area (Å²) in [5, 5.41) is 2.84. The fourth-order valence-electron chi connectivity index (χ4n) is 2.40. The molecule has 0 spiro atoms. The van der Waals surface area contributed by atoms with Gasteiger partial charge in [-0.2, -0.15) is 0 Å². The van der Waals surface area contributed by atoms with E-state index in [1.807, 2.05) is 0 Å². The van der Waals surface area contributed by atoms with Crippen molar-refractivity contribution in [2.75, 3.05) is 39.3 Å². The van der Waals surface area contributed by atoms with E-state index in [0.717, 1.165) is 6.42 Å². The number of nitrogens with one attached hydrogen (secondary N) is 1. The highest BCUT2D eigenvalue weighted by Gasteiger charge is 2.29. The van der Waals surface area contributed by atoms with Crippen LogP contribution in [0.15, 0.2) is 18.2 Å². The molecule has 7 heteroatoms. The van der Waals surface area contributed by atoms with Gasteiger partial charge in [-0.05, 0) is 25.0 Å². The number of carbonyl (C=O) groups excluding carboxylic acids is 1. The Hall–Kier alpha value is -1.83. The molecule has 0 saturated carbocycles. The first-order chi connectivity index (χ1) is 11.2. The van der Waals surface area contributed by atoms with E-state index in [2.05, 4.69) is 5.32 Å². The van der Waals surface area contributed by atoms with Crippen LogP contribution in [0.5, 0.6) is 11.5 Å². The summed E-state index contributed by atoms with van der Waals surface area (Å²) in [5.41, 5.74) is 6.19. The van der Waals surface area contributed by atoms with Gasteiger partial charge >= 0.3 is 0 Å². The van der Waals surface area contributed by atoms with Crippen molar-refractivity contribution < 1.29 is 23.7 Å². The summed E-state index contributed by atoms with van der Waals surface area (Å²) in [6.45, 7) is 1.30. The number of amides is 1. The van der Waals surface area contributed by atoms with Gasteiger partial charge in [0.1, 0.15) is 12.7 Å². The summed E-state index contributed by atoms with van der Waals surface area (Å²) < 4.78 is 21.4. The minimum atomic E-state index is -0.455. The first-order valence-electron chi connectivity index (χ1n) is 7.64. The zero-order valence-corrected chi connectivity index (χ0v) is 13.5. The van der Waals surface area contributed by atoms with Gasteiger partial charge in [0, 0.05) is 25.4 Å². The number of nitrogens with two attached hydrogens (primary N) is 1. The standard InChI is InChI=1S/C16H24N2O5/c1-20-7-8-22-15-9-11(3-5-13(15)21-2)18-16(19)14-6-4-12(10-17)23-14/h3,5,9,12,14H,4,6-8,10,17H2,1-2H3,(H,18,19)/t12-,14+/m1/s1. The molecule has 1 fully saturated rings. The third-order valence-electron chi connectivity index (χ3n) is 3.64.